The molecule has 4 nitrogen and oxygen atoms in total. The minimum absolute atomic E-state index is 0.0280. The van der Waals surface area contributed by atoms with Crippen LogP contribution in [-0.2, 0) is 4.79 Å². The molecule has 106 valence electrons. The zero-order valence-corrected chi connectivity index (χ0v) is 11.6. The number of carbonyl (C=O) groups is 1. The highest BCUT2D eigenvalue weighted by Gasteiger charge is 2.10. The zero-order valence-electron chi connectivity index (χ0n) is 10.8. The van der Waals surface area contributed by atoms with Gasteiger partial charge in [-0.05, 0) is 37.3 Å². The highest BCUT2D eigenvalue weighted by molar-refractivity contribution is 6.31. The third-order valence-corrected chi connectivity index (χ3v) is 3.03. The predicted octanol–water partition coefficient (Wildman–Crippen LogP) is 3.36. The number of benzene rings is 1. The Hall–Kier alpha value is -1.85. The van der Waals surface area contributed by atoms with Crippen LogP contribution in [0.25, 0.3) is 0 Å². The van der Waals surface area contributed by atoms with Gasteiger partial charge in [0.2, 0.25) is 5.91 Å². The van der Waals surface area contributed by atoms with E-state index >= 15 is 0 Å². The molecule has 20 heavy (non-hydrogen) atoms. The van der Waals surface area contributed by atoms with Crippen LogP contribution in [0.3, 0.4) is 0 Å². The molecule has 1 aromatic carbocycles. The number of anilines is 1. The second-order valence-corrected chi connectivity index (χ2v) is 4.70. The SMILES string of the molecule is C[C@@H](NCC(=O)Nc1ccc(F)c(Cl)c1)c1ccco1. The number of carbonyl (C=O) groups excluding carboxylic acids is 1. The van der Waals surface area contributed by atoms with Gasteiger partial charge in [0.15, 0.2) is 0 Å². The van der Waals surface area contributed by atoms with E-state index in [0.29, 0.717) is 5.69 Å². The largest absolute Gasteiger partial charge is 0.468 e. The topological polar surface area (TPSA) is 54.3 Å². The fourth-order valence-electron chi connectivity index (χ4n) is 1.66. The lowest BCUT2D eigenvalue weighted by Crippen LogP contribution is -2.29. The van der Waals surface area contributed by atoms with Gasteiger partial charge in [-0.15, -0.1) is 0 Å². The molecule has 0 aliphatic carbocycles. The zero-order chi connectivity index (χ0) is 14.5. The van der Waals surface area contributed by atoms with Crippen LogP contribution in [-0.4, -0.2) is 12.5 Å². The van der Waals surface area contributed by atoms with Crippen LogP contribution in [0.4, 0.5) is 10.1 Å². The minimum atomic E-state index is -0.519. The van der Waals surface area contributed by atoms with Crippen LogP contribution in [0.2, 0.25) is 5.02 Å². The van der Waals surface area contributed by atoms with Gasteiger partial charge in [0, 0.05) is 5.69 Å². The van der Waals surface area contributed by atoms with Gasteiger partial charge < -0.3 is 9.73 Å². The van der Waals surface area contributed by atoms with Crippen molar-refractivity contribution >= 4 is 23.2 Å². The first-order valence-electron chi connectivity index (χ1n) is 6.08. The first-order valence-corrected chi connectivity index (χ1v) is 6.46. The highest BCUT2D eigenvalue weighted by atomic mass is 35.5. The van der Waals surface area contributed by atoms with Crippen LogP contribution >= 0.6 is 11.6 Å². The van der Waals surface area contributed by atoms with E-state index < -0.39 is 5.82 Å². The Kier molecular flexibility index (Phi) is 4.76. The molecule has 2 N–H and O–H groups in total. The Labute approximate surface area is 120 Å². The average Bonchev–Trinajstić information content (AvgIpc) is 2.94. The first kappa shape index (κ1) is 14.6. The quantitative estimate of drug-likeness (QED) is 0.889. The molecule has 0 bridgehead atoms. The lowest BCUT2D eigenvalue weighted by molar-refractivity contribution is -0.115. The van der Waals surface area contributed by atoms with Gasteiger partial charge >= 0.3 is 0 Å². The van der Waals surface area contributed by atoms with E-state index in [9.17, 15) is 9.18 Å². The molecule has 0 unspecified atom stereocenters. The lowest BCUT2D eigenvalue weighted by Gasteiger charge is -2.11. The van der Waals surface area contributed by atoms with Gasteiger partial charge in [-0.2, -0.15) is 0 Å². The standard InChI is InChI=1S/C14H14ClFN2O2/c1-9(13-3-2-6-20-13)17-8-14(19)18-10-4-5-12(16)11(15)7-10/h2-7,9,17H,8H2,1H3,(H,18,19)/t9-/m1/s1. The summed E-state index contributed by atoms with van der Waals surface area (Å²) >= 11 is 5.64. The summed E-state index contributed by atoms with van der Waals surface area (Å²) in [6, 6.07) is 7.56. The van der Waals surface area contributed by atoms with Gasteiger partial charge in [-0.3, -0.25) is 10.1 Å². The summed E-state index contributed by atoms with van der Waals surface area (Å²) in [7, 11) is 0. The summed E-state index contributed by atoms with van der Waals surface area (Å²) in [4.78, 5) is 11.7. The van der Waals surface area contributed by atoms with Gasteiger partial charge in [0.25, 0.3) is 0 Å². The van der Waals surface area contributed by atoms with Crippen molar-refractivity contribution < 1.29 is 13.6 Å². The van der Waals surface area contributed by atoms with Crippen molar-refractivity contribution in [2.24, 2.45) is 0 Å². The molecule has 0 saturated heterocycles. The Morgan fingerprint density at radius 2 is 2.25 bits per heavy atom. The van der Waals surface area contributed by atoms with E-state index in [1.165, 1.54) is 18.2 Å². The van der Waals surface area contributed by atoms with E-state index in [1.807, 2.05) is 13.0 Å². The van der Waals surface area contributed by atoms with Crippen LogP contribution < -0.4 is 10.6 Å². The Morgan fingerprint density at radius 3 is 2.90 bits per heavy atom. The van der Waals surface area contributed by atoms with E-state index in [2.05, 4.69) is 10.6 Å². The Balaban J connectivity index is 1.85. The molecular weight excluding hydrogens is 283 g/mol. The van der Waals surface area contributed by atoms with Crippen molar-refractivity contribution in [3.05, 3.63) is 53.2 Å². The molecule has 0 spiro atoms. The number of amides is 1. The molecule has 1 atom stereocenters. The number of halogens is 2. The van der Waals surface area contributed by atoms with Crippen molar-refractivity contribution in [2.75, 3.05) is 11.9 Å². The van der Waals surface area contributed by atoms with Gasteiger partial charge in [0.05, 0.1) is 23.9 Å². The molecule has 2 aromatic rings. The average molecular weight is 297 g/mol. The summed E-state index contributed by atoms with van der Waals surface area (Å²) < 4.78 is 18.2. The summed E-state index contributed by atoms with van der Waals surface area (Å²) in [5, 5.41) is 5.62. The molecule has 1 aromatic heterocycles. The van der Waals surface area contributed by atoms with E-state index in [-0.39, 0.29) is 23.5 Å². The van der Waals surface area contributed by atoms with Crippen molar-refractivity contribution in [2.45, 2.75) is 13.0 Å². The van der Waals surface area contributed by atoms with Gasteiger partial charge in [-0.1, -0.05) is 11.6 Å². The van der Waals surface area contributed by atoms with Crippen LogP contribution in [0.5, 0.6) is 0 Å². The molecule has 0 aliphatic heterocycles. The molecule has 0 radical (unpaired) electrons. The normalized spacial score (nSPS) is 12.2. The fraction of sp³-hybridized carbons (Fsp3) is 0.214. The summed E-state index contributed by atoms with van der Waals surface area (Å²) in [5.41, 5.74) is 0.453. The minimum Gasteiger partial charge on any atom is -0.468 e. The van der Waals surface area contributed by atoms with Gasteiger partial charge in [0.1, 0.15) is 11.6 Å². The molecule has 0 saturated carbocycles. The first-order chi connectivity index (χ1) is 9.56. The monoisotopic (exact) mass is 296 g/mol. The maximum absolute atomic E-state index is 13.0. The molecule has 0 fully saturated rings. The third-order valence-electron chi connectivity index (χ3n) is 2.74. The Morgan fingerprint density at radius 1 is 1.45 bits per heavy atom. The van der Waals surface area contributed by atoms with Crippen molar-refractivity contribution in [1.29, 1.82) is 0 Å². The number of furan rings is 1. The van der Waals surface area contributed by atoms with Crippen LogP contribution in [0.1, 0.15) is 18.7 Å². The number of hydrogen-bond donors (Lipinski definition) is 2. The van der Waals surface area contributed by atoms with E-state index in [0.717, 1.165) is 5.76 Å². The summed E-state index contributed by atoms with van der Waals surface area (Å²) in [5.74, 6) is -0.0112. The second kappa shape index (κ2) is 6.54. The lowest BCUT2D eigenvalue weighted by atomic mass is 10.2. The van der Waals surface area contributed by atoms with Gasteiger partial charge in [-0.25, -0.2) is 4.39 Å². The Bertz CT molecular complexity index is 587. The smallest absolute Gasteiger partial charge is 0.238 e. The maximum atomic E-state index is 13.0. The van der Waals surface area contributed by atoms with Crippen molar-refractivity contribution in [1.82, 2.24) is 5.32 Å². The third kappa shape index (κ3) is 3.82. The van der Waals surface area contributed by atoms with E-state index in [1.54, 1.807) is 12.3 Å². The number of nitrogens with one attached hydrogen (secondary N) is 2. The van der Waals surface area contributed by atoms with E-state index in [4.69, 9.17) is 16.0 Å². The van der Waals surface area contributed by atoms with Crippen LogP contribution in [0, 0.1) is 5.82 Å². The molecule has 6 heteroatoms. The second-order valence-electron chi connectivity index (χ2n) is 4.30. The molecule has 1 heterocycles. The number of hydrogen-bond acceptors (Lipinski definition) is 3. The maximum Gasteiger partial charge on any atom is 0.238 e. The molecule has 1 amide bonds. The summed E-state index contributed by atoms with van der Waals surface area (Å²) in [6.45, 7) is 2.00. The molecular formula is C14H14ClFN2O2. The fourth-order valence-corrected chi connectivity index (χ4v) is 1.84. The van der Waals surface area contributed by atoms with Crippen LogP contribution in [0.15, 0.2) is 41.0 Å². The predicted molar refractivity (Wildman–Crippen MR) is 75.2 cm³/mol. The summed E-state index contributed by atoms with van der Waals surface area (Å²) in [6.07, 6.45) is 1.58. The number of rotatable bonds is 5. The highest BCUT2D eigenvalue weighted by Crippen LogP contribution is 2.19. The molecule has 2 rings (SSSR count). The molecule has 0 aliphatic rings. The van der Waals surface area contributed by atoms with Crippen molar-refractivity contribution in [3.8, 4) is 0 Å². The van der Waals surface area contributed by atoms with Crippen molar-refractivity contribution in [3.63, 3.8) is 0 Å².